The Hall–Kier alpha value is -3.24. The highest BCUT2D eigenvalue weighted by atomic mass is 35.5. The number of amides is 1. The molecule has 26 heavy (non-hydrogen) atoms. The van der Waals surface area contributed by atoms with Gasteiger partial charge in [0.25, 0.3) is 5.91 Å². The molecule has 0 aliphatic rings. The summed E-state index contributed by atoms with van der Waals surface area (Å²) in [4.78, 5) is 11.7. The van der Waals surface area contributed by atoms with E-state index in [2.05, 4.69) is 10.5 Å². The fraction of sp³-hybridized carbons (Fsp3) is 0.167. The average Bonchev–Trinajstić information content (AvgIpc) is 2.66. The lowest BCUT2D eigenvalue weighted by Gasteiger charge is -2.08. The van der Waals surface area contributed by atoms with E-state index in [1.165, 1.54) is 13.3 Å². The van der Waals surface area contributed by atoms with Crippen LogP contribution in [0.2, 0.25) is 5.02 Å². The van der Waals surface area contributed by atoms with Gasteiger partial charge in [-0.1, -0.05) is 11.6 Å². The van der Waals surface area contributed by atoms with Crippen LogP contribution in [0.4, 0.5) is 0 Å². The summed E-state index contributed by atoms with van der Waals surface area (Å²) in [5, 5.41) is 13.0. The summed E-state index contributed by atoms with van der Waals surface area (Å²) in [6.45, 7) is -0.253. The summed E-state index contributed by atoms with van der Waals surface area (Å²) >= 11 is 5.77. The molecule has 0 bridgehead atoms. The minimum absolute atomic E-state index is 0.0759. The molecule has 0 radical (unpaired) electrons. The summed E-state index contributed by atoms with van der Waals surface area (Å²) in [5.74, 6) is 1.04. The number of carbonyl (C=O) groups excluding carboxylic acids is 1. The van der Waals surface area contributed by atoms with Gasteiger partial charge >= 0.3 is 0 Å². The van der Waals surface area contributed by atoms with Crippen molar-refractivity contribution < 1.29 is 19.0 Å². The minimum Gasteiger partial charge on any atom is -0.493 e. The van der Waals surface area contributed by atoms with E-state index >= 15 is 0 Å². The molecule has 0 heterocycles. The number of halogens is 1. The van der Waals surface area contributed by atoms with Crippen molar-refractivity contribution in [2.24, 2.45) is 5.10 Å². The number of benzene rings is 2. The van der Waals surface area contributed by atoms with Crippen LogP contribution in [-0.4, -0.2) is 32.4 Å². The van der Waals surface area contributed by atoms with Crippen molar-refractivity contribution in [2.75, 3.05) is 20.3 Å². The first-order valence-corrected chi connectivity index (χ1v) is 7.88. The molecule has 0 fully saturated rings. The molecule has 0 spiro atoms. The predicted molar refractivity (Wildman–Crippen MR) is 96.8 cm³/mol. The summed E-state index contributed by atoms with van der Waals surface area (Å²) in [6, 6.07) is 13.6. The van der Waals surface area contributed by atoms with Gasteiger partial charge < -0.3 is 14.2 Å². The topological polar surface area (TPSA) is 92.9 Å². The van der Waals surface area contributed by atoms with E-state index < -0.39 is 5.91 Å². The van der Waals surface area contributed by atoms with Crippen LogP contribution in [0.25, 0.3) is 0 Å². The second kappa shape index (κ2) is 9.91. The summed E-state index contributed by atoms with van der Waals surface area (Å²) in [7, 11) is 1.49. The van der Waals surface area contributed by atoms with Crippen LogP contribution in [0, 0.1) is 11.3 Å². The Kier molecular flexibility index (Phi) is 7.28. The molecule has 0 aliphatic carbocycles. The van der Waals surface area contributed by atoms with Crippen molar-refractivity contribution in [3.63, 3.8) is 0 Å². The summed E-state index contributed by atoms with van der Waals surface area (Å²) in [5.41, 5.74) is 3.05. The molecule has 0 aliphatic heterocycles. The molecule has 2 rings (SSSR count). The standard InChI is InChI=1S/C18H16ClN3O4/c1-24-17-10-13(2-7-16(17)25-9-8-20)11-21-22-18(23)12-26-15-5-3-14(19)4-6-15/h2-7,10-11H,9,12H2,1H3,(H,22,23). The first-order valence-electron chi connectivity index (χ1n) is 7.50. The summed E-state index contributed by atoms with van der Waals surface area (Å²) < 4.78 is 15.7. The zero-order valence-electron chi connectivity index (χ0n) is 13.9. The van der Waals surface area contributed by atoms with E-state index in [1.807, 2.05) is 6.07 Å². The Balaban J connectivity index is 1.86. The number of rotatable bonds is 8. The fourth-order valence-corrected chi connectivity index (χ4v) is 2.01. The van der Waals surface area contributed by atoms with Crippen LogP contribution in [0.1, 0.15) is 5.56 Å². The second-order valence-corrected chi connectivity index (χ2v) is 5.33. The van der Waals surface area contributed by atoms with Gasteiger partial charge in [-0.05, 0) is 48.0 Å². The smallest absolute Gasteiger partial charge is 0.277 e. The van der Waals surface area contributed by atoms with Gasteiger partial charge in [-0.2, -0.15) is 10.4 Å². The van der Waals surface area contributed by atoms with Gasteiger partial charge in [0.05, 0.1) is 13.3 Å². The largest absolute Gasteiger partial charge is 0.493 e. The molecule has 0 unspecified atom stereocenters. The third-order valence-electron chi connectivity index (χ3n) is 3.07. The van der Waals surface area contributed by atoms with Crippen molar-refractivity contribution >= 4 is 23.7 Å². The van der Waals surface area contributed by atoms with E-state index in [9.17, 15) is 4.79 Å². The van der Waals surface area contributed by atoms with Gasteiger partial charge in [-0.3, -0.25) is 4.79 Å². The van der Waals surface area contributed by atoms with Crippen LogP contribution in [-0.2, 0) is 4.79 Å². The number of ether oxygens (including phenoxy) is 3. The third-order valence-corrected chi connectivity index (χ3v) is 3.32. The first kappa shape index (κ1) is 19.1. The molecule has 7 nitrogen and oxygen atoms in total. The molecule has 0 aromatic heterocycles. The van der Waals surface area contributed by atoms with Gasteiger partial charge in [0.2, 0.25) is 0 Å². The fourth-order valence-electron chi connectivity index (χ4n) is 1.88. The quantitative estimate of drug-likeness (QED) is 0.567. The molecule has 1 N–H and O–H groups in total. The van der Waals surface area contributed by atoms with Crippen molar-refractivity contribution in [3.8, 4) is 23.3 Å². The maximum atomic E-state index is 11.7. The zero-order valence-corrected chi connectivity index (χ0v) is 14.7. The van der Waals surface area contributed by atoms with Crippen LogP contribution < -0.4 is 19.6 Å². The molecule has 0 saturated heterocycles. The zero-order chi connectivity index (χ0) is 18.8. The van der Waals surface area contributed by atoms with Crippen molar-refractivity contribution in [2.45, 2.75) is 0 Å². The number of methoxy groups -OCH3 is 1. The molecule has 2 aromatic rings. The molecular formula is C18H16ClN3O4. The lowest BCUT2D eigenvalue weighted by Crippen LogP contribution is -2.24. The Bertz CT molecular complexity index is 816. The molecule has 134 valence electrons. The Labute approximate surface area is 155 Å². The molecule has 2 aromatic carbocycles. The maximum Gasteiger partial charge on any atom is 0.277 e. The van der Waals surface area contributed by atoms with Crippen molar-refractivity contribution in [1.29, 1.82) is 5.26 Å². The second-order valence-electron chi connectivity index (χ2n) is 4.89. The van der Waals surface area contributed by atoms with Gasteiger partial charge in [-0.15, -0.1) is 0 Å². The monoisotopic (exact) mass is 373 g/mol. The first-order chi connectivity index (χ1) is 12.6. The Morgan fingerprint density at radius 3 is 2.69 bits per heavy atom. The van der Waals surface area contributed by atoms with E-state index in [0.29, 0.717) is 27.8 Å². The third kappa shape index (κ3) is 6.00. The Morgan fingerprint density at radius 1 is 1.23 bits per heavy atom. The number of carbonyl (C=O) groups is 1. The van der Waals surface area contributed by atoms with Gasteiger partial charge in [-0.25, -0.2) is 5.43 Å². The number of hydrogen-bond acceptors (Lipinski definition) is 6. The lowest BCUT2D eigenvalue weighted by molar-refractivity contribution is -0.123. The molecular weight excluding hydrogens is 358 g/mol. The number of nitrogens with zero attached hydrogens (tertiary/aromatic N) is 2. The number of nitrogens with one attached hydrogen (secondary N) is 1. The minimum atomic E-state index is -0.405. The highest BCUT2D eigenvalue weighted by Crippen LogP contribution is 2.27. The predicted octanol–water partition coefficient (Wildman–Crippen LogP) is 2.78. The van der Waals surface area contributed by atoms with Gasteiger partial charge in [0.1, 0.15) is 11.8 Å². The van der Waals surface area contributed by atoms with Crippen LogP contribution in [0.15, 0.2) is 47.6 Å². The van der Waals surface area contributed by atoms with Crippen LogP contribution >= 0.6 is 11.6 Å². The van der Waals surface area contributed by atoms with E-state index in [0.717, 1.165) is 0 Å². The normalized spacial score (nSPS) is 10.2. The molecule has 0 atom stereocenters. The van der Waals surface area contributed by atoms with Crippen LogP contribution in [0.5, 0.6) is 17.2 Å². The van der Waals surface area contributed by atoms with Gasteiger partial charge in [0, 0.05) is 5.02 Å². The highest BCUT2D eigenvalue weighted by Gasteiger charge is 2.05. The van der Waals surface area contributed by atoms with Gasteiger partial charge in [0.15, 0.2) is 24.7 Å². The van der Waals surface area contributed by atoms with Crippen molar-refractivity contribution in [1.82, 2.24) is 5.43 Å². The highest BCUT2D eigenvalue weighted by molar-refractivity contribution is 6.30. The van der Waals surface area contributed by atoms with E-state index in [1.54, 1.807) is 42.5 Å². The Morgan fingerprint density at radius 2 is 2.00 bits per heavy atom. The average molecular weight is 374 g/mol. The number of nitriles is 1. The SMILES string of the molecule is COc1cc(C=NNC(=O)COc2ccc(Cl)cc2)ccc1OCC#N. The number of hydrogen-bond donors (Lipinski definition) is 1. The summed E-state index contributed by atoms with van der Waals surface area (Å²) in [6.07, 6.45) is 1.46. The molecule has 1 amide bonds. The van der Waals surface area contributed by atoms with Crippen LogP contribution in [0.3, 0.4) is 0 Å². The van der Waals surface area contributed by atoms with Crippen molar-refractivity contribution in [3.05, 3.63) is 53.1 Å². The molecule has 8 heteroatoms. The molecule has 0 saturated carbocycles. The maximum absolute atomic E-state index is 11.7. The van der Waals surface area contributed by atoms with E-state index in [4.69, 9.17) is 31.1 Å². The lowest BCUT2D eigenvalue weighted by atomic mass is 10.2. The number of hydrazone groups is 1. The van der Waals surface area contributed by atoms with E-state index in [-0.39, 0.29) is 13.2 Å².